The maximum atomic E-state index is 5.86. The first-order chi connectivity index (χ1) is 9.58. The standard InChI is InChI=1S/C14H26N6/c1-4-13-16-12(15)11-14(17-13)20-9-7-19(8-10-20)6-5-18(2)3/h11H,4-10H2,1-3H3,(H2,15,16,17). The molecular formula is C14H26N6. The van der Waals surface area contributed by atoms with Gasteiger partial charge in [-0.25, -0.2) is 9.97 Å². The number of nitrogen functional groups attached to an aromatic ring is 1. The average molecular weight is 278 g/mol. The number of anilines is 2. The lowest BCUT2D eigenvalue weighted by molar-refractivity contribution is 0.229. The van der Waals surface area contributed by atoms with Gasteiger partial charge in [-0.3, -0.25) is 4.90 Å². The molecule has 1 saturated heterocycles. The largest absolute Gasteiger partial charge is 0.384 e. The highest BCUT2D eigenvalue weighted by Crippen LogP contribution is 2.16. The Labute approximate surface area is 121 Å². The Bertz CT molecular complexity index is 426. The molecule has 0 atom stereocenters. The van der Waals surface area contributed by atoms with Crippen LogP contribution >= 0.6 is 0 Å². The normalized spacial score (nSPS) is 16.9. The van der Waals surface area contributed by atoms with Crippen molar-refractivity contribution in [3.05, 3.63) is 11.9 Å². The summed E-state index contributed by atoms with van der Waals surface area (Å²) in [5.41, 5.74) is 5.86. The molecule has 0 aliphatic carbocycles. The van der Waals surface area contributed by atoms with E-state index in [9.17, 15) is 0 Å². The Balaban J connectivity index is 1.91. The van der Waals surface area contributed by atoms with Crippen LogP contribution in [0.3, 0.4) is 0 Å². The summed E-state index contributed by atoms with van der Waals surface area (Å²) in [6, 6.07) is 1.88. The van der Waals surface area contributed by atoms with Gasteiger partial charge in [-0.05, 0) is 14.1 Å². The number of nitrogens with zero attached hydrogens (tertiary/aromatic N) is 5. The van der Waals surface area contributed by atoms with Crippen LogP contribution in [0.4, 0.5) is 11.6 Å². The van der Waals surface area contributed by atoms with Crippen molar-refractivity contribution in [3.63, 3.8) is 0 Å². The SMILES string of the molecule is CCc1nc(N)cc(N2CCN(CCN(C)C)CC2)n1. The third-order valence-corrected chi connectivity index (χ3v) is 3.65. The molecule has 1 aliphatic rings. The van der Waals surface area contributed by atoms with E-state index < -0.39 is 0 Å². The fourth-order valence-electron chi connectivity index (χ4n) is 2.37. The van der Waals surface area contributed by atoms with E-state index in [2.05, 4.69) is 45.7 Å². The van der Waals surface area contributed by atoms with Crippen LogP contribution in [-0.4, -0.2) is 73.1 Å². The molecule has 0 bridgehead atoms. The Morgan fingerprint density at radius 1 is 1.20 bits per heavy atom. The van der Waals surface area contributed by atoms with E-state index in [1.54, 1.807) is 0 Å². The molecule has 112 valence electrons. The summed E-state index contributed by atoms with van der Waals surface area (Å²) in [5.74, 6) is 2.37. The molecule has 1 aliphatic heterocycles. The van der Waals surface area contributed by atoms with Crippen molar-refractivity contribution < 1.29 is 0 Å². The minimum absolute atomic E-state index is 0.571. The molecule has 0 aromatic carbocycles. The molecule has 0 unspecified atom stereocenters. The van der Waals surface area contributed by atoms with Gasteiger partial charge in [-0.15, -0.1) is 0 Å². The van der Waals surface area contributed by atoms with E-state index >= 15 is 0 Å². The lowest BCUT2D eigenvalue weighted by Gasteiger charge is -2.35. The van der Waals surface area contributed by atoms with Gasteiger partial charge in [-0.2, -0.15) is 0 Å². The second-order valence-corrected chi connectivity index (χ2v) is 5.55. The lowest BCUT2D eigenvalue weighted by atomic mass is 10.3. The van der Waals surface area contributed by atoms with Crippen LogP contribution in [0.2, 0.25) is 0 Å². The number of piperazine rings is 1. The highest BCUT2D eigenvalue weighted by molar-refractivity contribution is 5.47. The molecule has 1 aromatic rings. The Morgan fingerprint density at radius 3 is 2.50 bits per heavy atom. The molecule has 0 saturated carbocycles. The highest BCUT2D eigenvalue weighted by Gasteiger charge is 2.18. The van der Waals surface area contributed by atoms with E-state index in [0.29, 0.717) is 5.82 Å². The van der Waals surface area contributed by atoms with Crippen LogP contribution in [-0.2, 0) is 6.42 Å². The molecule has 0 spiro atoms. The van der Waals surface area contributed by atoms with Gasteiger partial charge in [0.25, 0.3) is 0 Å². The number of rotatable bonds is 5. The third-order valence-electron chi connectivity index (χ3n) is 3.65. The first-order valence-corrected chi connectivity index (χ1v) is 7.34. The molecule has 1 aromatic heterocycles. The van der Waals surface area contributed by atoms with Gasteiger partial charge in [0.05, 0.1) is 0 Å². The van der Waals surface area contributed by atoms with E-state index in [1.807, 2.05) is 6.07 Å². The Morgan fingerprint density at radius 2 is 1.90 bits per heavy atom. The van der Waals surface area contributed by atoms with Gasteiger partial charge >= 0.3 is 0 Å². The van der Waals surface area contributed by atoms with Gasteiger partial charge in [0.15, 0.2) is 0 Å². The summed E-state index contributed by atoms with van der Waals surface area (Å²) < 4.78 is 0. The van der Waals surface area contributed by atoms with Crippen molar-refractivity contribution in [3.8, 4) is 0 Å². The summed E-state index contributed by atoms with van der Waals surface area (Å²) in [6.07, 6.45) is 0.820. The fourth-order valence-corrected chi connectivity index (χ4v) is 2.37. The molecule has 2 rings (SSSR count). The summed E-state index contributed by atoms with van der Waals surface area (Å²) in [5, 5.41) is 0. The van der Waals surface area contributed by atoms with Crippen LogP contribution in [0.5, 0.6) is 0 Å². The molecule has 6 nitrogen and oxygen atoms in total. The zero-order valence-electron chi connectivity index (χ0n) is 12.8. The highest BCUT2D eigenvalue weighted by atomic mass is 15.3. The van der Waals surface area contributed by atoms with Crippen molar-refractivity contribution in [2.45, 2.75) is 13.3 Å². The van der Waals surface area contributed by atoms with E-state index in [0.717, 1.165) is 57.3 Å². The number of aromatic nitrogens is 2. The number of hydrogen-bond acceptors (Lipinski definition) is 6. The molecule has 0 amide bonds. The lowest BCUT2D eigenvalue weighted by Crippen LogP contribution is -2.48. The molecule has 20 heavy (non-hydrogen) atoms. The zero-order chi connectivity index (χ0) is 14.5. The van der Waals surface area contributed by atoms with Gasteiger partial charge in [0.1, 0.15) is 17.5 Å². The molecule has 6 heteroatoms. The number of nitrogens with two attached hydrogens (primary N) is 1. The number of aryl methyl sites for hydroxylation is 1. The van der Waals surface area contributed by atoms with Crippen molar-refractivity contribution in [1.29, 1.82) is 0 Å². The van der Waals surface area contributed by atoms with Crippen LogP contribution in [0.15, 0.2) is 6.07 Å². The van der Waals surface area contributed by atoms with Gasteiger partial charge in [0, 0.05) is 51.8 Å². The minimum Gasteiger partial charge on any atom is -0.384 e. The smallest absolute Gasteiger partial charge is 0.134 e. The molecule has 2 heterocycles. The maximum Gasteiger partial charge on any atom is 0.134 e. The van der Waals surface area contributed by atoms with Crippen LogP contribution in [0.1, 0.15) is 12.7 Å². The second kappa shape index (κ2) is 6.85. The van der Waals surface area contributed by atoms with E-state index in [-0.39, 0.29) is 0 Å². The molecule has 1 fully saturated rings. The van der Waals surface area contributed by atoms with Crippen LogP contribution < -0.4 is 10.6 Å². The van der Waals surface area contributed by atoms with Crippen LogP contribution in [0, 0.1) is 0 Å². The van der Waals surface area contributed by atoms with Gasteiger partial charge in [-0.1, -0.05) is 6.92 Å². The van der Waals surface area contributed by atoms with E-state index in [4.69, 9.17) is 5.73 Å². The monoisotopic (exact) mass is 278 g/mol. The van der Waals surface area contributed by atoms with Crippen molar-refractivity contribution in [1.82, 2.24) is 19.8 Å². The first kappa shape index (κ1) is 15.0. The predicted molar refractivity (Wildman–Crippen MR) is 83.0 cm³/mol. The minimum atomic E-state index is 0.571. The molecule has 2 N–H and O–H groups in total. The van der Waals surface area contributed by atoms with Crippen molar-refractivity contribution in [2.24, 2.45) is 0 Å². The molecule has 0 radical (unpaired) electrons. The van der Waals surface area contributed by atoms with Crippen molar-refractivity contribution >= 4 is 11.6 Å². The summed E-state index contributed by atoms with van der Waals surface area (Å²) in [4.78, 5) is 15.9. The topological polar surface area (TPSA) is 61.5 Å². The Kier molecular flexibility index (Phi) is 5.14. The maximum absolute atomic E-state index is 5.86. The third kappa shape index (κ3) is 4.05. The summed E-state index contributed by atoms with van der Waals surface area (Å²) >= 11 is 0. The summed E-state index contributed by atoms with van der Waals surface area (Å²) in [7, 11) is 4.23. The van der Waals surface area contributed by atoms with Gasteiger partial charge in [0.2, 0.25) is 0 Å². The van der Waals surface area contributed by atoms with Crippen LogP contribution in [0.25, 0.3) is 0 Å². The first-order valence-electron chi connectivity index (χ1n) is 7.34. The second-order valence-electron chi connectivity index (χ2n) is 5.55. The molecular weight excluding hydrogens is 252 g/mol. The van der Waals surface area contributed by atoms with E-state index in [1.165, 1.54) is 0 Å². The fraction of sp³-hybridized carbons (Fsp3) is 0.714. The number of likely N-dealkylation sites (N-methyl/N-ethyl adjacent to an activating group) is 1. The van der Waals surface area contributed by atoms with Crippen molar-refractivity contribution in [2.75, 3.05) is 64.0 Å². The quantitative estimate of drug-likeness (QED) is 0.836. The van der Waals surface area contributed by atoms with Gasteiger partial charge < -0.3 is 15.5 Å². The average Bonchev–Trinajstić information content (AvgIpc) is 2.45. The Hall–Kier alpha value is -1.40. The number of hydrogen-bond donors (Lipinski definition) is 1. The predicted octanol–water partition coefficient (Wildman–Crippen LogP) is 0.305. The summed E-state index contributed by atoms with van der Waals surface area (Å²) in [6.45, 7) is 8.48. The zero-order valence-corrected chi connectivity index (χ0v) is 12.8.